The molecule has 1 N–H and O–H groups in total. The summed E-state index contributed by atoms with van der Waals surface area (Å²) in [6, 6.07) is 9.41. The van der Waals surface area contributed by atoms with E-state index in [9.17, 15) is 0 Å². The highest BCUT2D eigenvalue weighted by Gasteiger charge is 2.03. The van der Waals surface area contributed by atoms with Crippen LogP contribution in [0.3, 0.4) is 0 Å². The molecule has 1 heterocycles. The maximum atomic E-state index is 5.95. The summed E-state index contributed by atoms with van der Waals surface area (Å²) in [5, 5.41) is 4.40. The normalized spacial score (nSPS) is 10.3. The molecular formula is C12H9BrCl2N2. The lowest BCUT2D eigenvalue weighted by atomic mass is 10.2. The van der Waals surface area contributed by atoms with Gasteiger partial charge in [-0.2, -0.15) is 0 Å². The van der Waals surface area contributed by atoms with Crippen molar-refractivity contribution in [1.29, 1.82) is 0 Å². The number of halogens is 3. The topological polar surface area (TPSA) is 24.9 Å². The lowest BCUT2D eigenvalue weighted by molar-refractivity contribution is 1.13. The molecule has 0 aliphatic rings. The van der Waals surface area contributed by atoms with Crippen LogP contribution in [0.5, 0.6) is 0 Å². The second-order valence-corrected chi connectivity index (χ2v) is 5.08. The Bertz CT molecular complexity index is 532. The van der Waals surface area contributed by atoms with Gasteiger partial charge in [-0.3, -0.25) is 0 Å². The maximum Gasteiger partial charge on any atom is 0.152 e. The van der Waals surface area contributed by atoms with Gasteiger partial charge < -0.3 is 5.32 Å². The summed E-state index contributed by atoms with van der Waals surface area (Å²) < 4.78 is 0.970. The van der Waals surface area contributed by atoms with Crippen molar-refractivity contribution in [3.8, 4) is 0 Å². The summed E-state index contributed by atoms with van der Waals surface area (Å²) in [7, 11) is 0. The zero-order valence-corrected chi connectivity index (χ0v) is 11.9. The summed E-state index contributed by atoms with van der Waals surface area (Å²) in [6.07, 6.45) is 1.66. The SMILES string of the molecule is Clc1ccc(CNc2cccnc2Cl)c(Br)c1. The van der Waals surface area contributed by atoms with E-state index in [0.29, 0.717) is 16.7 Å². The Morgan fingerprint density at radius 3 is 2.76 bits per heavy atom. The van der Waals surface area contributed by atoms with E-state index < -0.39 is 0 Å². The number of anilines is 1. The lowest BCUT2D eigenvalue weighted by Gasteiger charge is -2.09. The van der Waals surface area contributed by atoms with Gasteiger partial charge in [0.25, 0.3) is 0 Å². The Morgan fingerprint density at radius 2 is 2.06 bits per heavy atom. The van der Waals surface area contributed by atoms with E-state index in [0.717, 1.165) is 15.7 Å². The minimum absolute atomic E-state index is 0.470. The van der Waals surface area contributed by atoms with Crippen LogP contribution >= 0.6 is 39.1 Å². The standard InChI is InChI=1S/C12H9BrCl2N2/c13-10-6-9(14)4-3-8(10)7-17-11-2-1-5-16-12(11)15/h1-6,17H,7H2. The van der Waals surface area contributed by atoms with Gasteiger partial charge in [0.2, 0.25) is 0 Å². The molecule has 2 aromatic rings. The number of hydrogen-bond acceptors (Lipinski definition) is 2. The van der Waals surface area contributed by atoms with Gasteiger partial charge in [-0.05, 0) is 29.8 Å². The molecule has 0 unspecified atom stereocenters. The smallest absolute Gasteiger partial charge is 0.152 e. The van der Waals surface area contributed by atoms with Gasteiger partial charge in [-0.1, -0.05) is 45.2 Å². The third kappa shape index (κ3) is 3.35. The summed E-state index contributed by atoms with van der Waals surface area (Å²) in [4.78, 5) is 4.00. The van der Waals surface area contributed by atoms with Crippen LogP contribution in [0.4, 0.5) is 5.69 Å². The highest BCUT2D eigenvalue weighted by atomic mass is 79.9. The molecule has 0 saturated heterocycles. The molecule has 0 fully saturated rings. The molecule has 5 heteroatoms. The van der Waals surface area contributed by atoms with Crippen molar-refractivity contribution in [3.05, 3.63) is 56.7 Å². The minimum atomic E-state index is 0.470. The zero-order valence-electron chi connectivity index (χ0n) is 8.75. The molecule has 0 atom stereocenters. The molecule has 17 heavy (non-hydrogen) atoms. The number of aromatic nitrogens is 1. The Labute approximate surface area is 118 Å². The molecule has 0 aliphatic heterocycles. The van der Waals surface area contributed by atoms with Gasteiger partial charge in [0.05, 0.1) is 5.69 Å². The fourth-order valence-corrected chi connectivity index (χ4v) is 2.38. The Balaban J connectivity index is 2.10. The van der Waals surface area contributed by atoms with Crippen molar-refractivity contribution in [2.45, 2.75) is 6.54 Å². The van der Waals surface area contributed by atoms with Crippen molar-refractivity contribution in [1.82, 2.24) is 4.98 Å². The fraction of sp³-hybridized carbons (Fsp3) is 0.0833. The molecule has 0 saturated carbocycles. The second kappa shape index (κ2) is 5.71. The van der Waals surface area contributed by atoms with Gasteiger partial charge in [-0.25, -0.2) is 4.98 Å². The van der Waals surface area contributed by atoms with E-state index in [-0.39, 0.29) is 0 Å². The molecule has 2 nitrogen and oxygen atoms in total. The van der Waals surface area contributed by atoms with E-state index in [2.05, 4.69) is 26.2 Å². The van der Waals surface area contributed by atoms with Crippen LogP contribution in [-0.4, -0.2) is 4.98 Å². The van der Waals surface area contributed by atoms with E-state index in [1.807, 2.05) is 30.3 Å². The second-order valence-electron chi connectivity index (χ2n) is 3.43. The highest BCUT2D eigenvalue weighted by Crippen LogP contribution is 2.24. The fourth-order valence-electron chi connectivity index (χ4n) is 1.37. The summed E-state index contributed by atoms with van der Waals surface area (Å²) >= 11 is 15.3. The third-order valence-electron chi connectivity index (χ3n) is 2.24. The van der Waals surface area contributed by atoms with Gasteiger partial charge in [0.15, 0.2) is 5.15 Å². The average molecular weight is 332 g/mol. The monoisotopic (exact) mass is 330 g/mol. The number of pyridine rings is 1. The molecule has 0 radical (unpaired) electrons. The third-order valence-corrected chi connectivity index (χ3v) is 3.52. The number of nitrogens with one attached hydrogen (secondary N) is 1. The van der Waals surface area contributed by atoms with Crippen LogP contribution in [0.2, 0.25) is 10.2 Å². The van der Waals surface area contributed by atoms with E-state index >= 15 is 0 Å². The van der Waals surface area contributed by atoms with Crippen LogP contribution in [0.1, 0.15) is 5.56 Å². The van der Waals surface area contributed by atoms with Crippen molar-refractivity contribution < 1.29 is 0 Å². The van der Waals surface area contributed by atoms with Crippen molar-refractivity contribution in [2.24, 2.45) is 0 Å². The first-order valence-electron chi connectivity index (χ1n) is 4.95. The summed E-state index contributed by atoms with van der Waals surface area (Å²) in [6.45, 7) is 0.656. The molecular weight excluding hydrogens is 323 g/mol. The zero-order chi connectivity index (χ0) is 12.3. The van der Waals surface area contributed by atoms with E-state index in [4.69, 9.17) is 23.2 Å². The largest absolute Gasteiger partial charge is 0.378 e. The van der Waals surface area contributed by atoms with Crippen LogP contribution in [0.25, 0.3) is 0 Å². The predicted octanol–water partition coefficient (Wildman–Crippen LogP) is 4.76. The van der Waals surface area contributed by atoms with Crippen LogP contribution in [0, 0.1) is 0 Å². The van der Waals surface area contributed by atoms with Gasteiger partial charge in [0.1, 0.15) is 0 Å². The van der Waals surface area contributed by atoms with Crippen LogP contribution < -0.4 is 5.32 Å². The maximum absolute atomic E-state index is 5.95. The molecule has 2 rings (SSSR count). The van der Waals surface area contributed by atoms with Gasteiger partial charge >= 0.3 is 0 Å². The van der Waals surface area contributed by atoms with Crippen molar-refractivity contribution >= 4 is 44.8 Å². The number of hydrogen-bond donors (Lipinski definition) is 1. The van der Waals surface area contributed by atoms with Gasteiger partial charge in [-0.15, -0.1) is 0 Å². The molecule has 0 spiro atoms. The average Bonchev–Trinajstić information content (AvgIpc) is 2.30. The highest BCUT2D eigenvalue weighted by molar-refractivity contribution is 9.10. The Hall–Kier alpha value is -0.770. The molecule has 0 bridgehead atoms. The summed E-state index contributed by atoms with van der Waals surface area (Å²) in [5.41, 5.74) is 1.92. The molecule has 1 aromatic heterocycles. The first kappa shape index (κ1) is 12.7. The number of nitrogens with zero attached hydrogens (tertiary/aromatic N) is 1. The van der Waals surface area contributed by atoms with Crippen LogP contribution in [0.15, 0.2) is 41.0 Å². The molecule has 88 valence electrons. The van der Waals surface area contributed by atoms with Gasteiger partial charge in [0, 0.05) is 22.2 Å². The number of rotatable bonds is 3. The summed E-state index contributed by atoms with van der Waals surface area (Å²) in [5.74, 6) is 0. The Morgan fingerprint density at radius 1 is 1.24 bits per heavy atom. The quantitative estimate of drug-likeness (QED) is 0.820. The predicted molar refractivity (Wildman–Crippen MR) is 75.7 cm³/mol. The first-order chi connectivity index (χ1) is 8.16. The molecule has 1 aromatic carbocycles. The van der Waals surface area contributed by atoms with E-state index in [1.165, 1.54) is 0 Å². The Kier molecular flexibility index (Phi) is 4.26. The molecule has 0 aliphatic carbocycles. The van der Waals surface area contributed by atoms with E-state index in [1.54, 1.807) is 6.20 Å². The molecule has 0 amide bonds. The number of benzene rings is 1. The van der Waals surface area contributed by atoms with Crippen molar-refractivity contribution in [2.75, 3.05) is 5.32 Å². The minimum Gasteiger partial charge on any atom is -0.378 e. The lowest BCUT2D eigenvalue weighted by Crippen LogP contribution is -2.01. The van der Waals surface area contributed by atoms with Crippen molar-refractivity contribution in [3.63, 3.8) is 0 Å². The van der Waals surface area contributed by atoms with Crippen LogP contribution in [-0.2, 0) is 6.54 Å². The first-order valence-corrected chi connectivity index (χ1v) is 6.50.